The molecule has 3 rings (SSSR count). The lowest BCUT2D eigenvalue weighted by molar-refractivity contribution is -0.153. The molecule has 0 bridgehead atoms. The molecule has 0 saturated heterocycles. The summed E-state index contributed by atoms with van der Waals surface area (Å²) in [7, 11) is 1.92. The molecular weight excluding hydrogens is 428 g/mol. The van der Waals surface area contributed by atoms with Crippen molar-refractivity contribution < 1.29 is 19.1 Å². The van der Waals surface area contributed by atoms with Crippen molar-refractivity contribution in [2.45, 2.75) is 51.9 Å². The predicted octanol–water partition coefficient (Wildman–Crippen LogP) is 5.24. The second kappa shape index (κ2) is 12.0. The summed E-state index contributed by atoms with van der Waals surface area (Å²) in [5.41, 5.74) is 1.37. The van der Waals surface area contributed by atoms with Crippen LogP contribution < -0.4 is 0 Å². The maximum Gasteiger partial charge on any atom is 0.338 e. The van der Waals surface area contributed by atoms with Gasteiger partial charge in [0.1, 0.15) is 0 Å². The van der Waals surface area contributed by atoms with Crippen molar-refractivity contribution in [2.75, 3.05) is 13.2 Å². The van der Waals surface area contributed by atoms with Gasteiger partial charge in [0.2, 0.25) is 0 Å². The molecule has 1 aliphatic carbocycles. The second-order valence-corrected chi connectivity index (χ2v) is 9.15. The summed E-state index contributed by atoms with van der Waals surface area (Å²) in [6, 6.07) is 6.67. The van der Waals surface area contributed by atoms with Crippen molar-refractivity contribution >= 4 is 23.5 Å². The molecule has 0 unspecified atom stereocenters. The molecule has 1 aromatic heterocycles. The summed E-state index contributed by atoms with van der Waals surface area (Å²) >= 11 is 6.00. The van der Waals surface area contributed by atoms with Crippen LogP contribution in [0.3, 0.4) is 0 Å². The van der Waals surface area contributed by atoms with Crippen LogP contribution in [-0.2, 0) is 27.7 Å². The summed E-state index contributed by atoms with van der Waals surface area (Å²) < 4.78 is 13.3. The van der Waals surface area contributed by atoms with E-state index in [1.54, 1.807) is 36.8 Å². The first-order valence-corrected chi connectivity index (χ1v) is 11.9. The predicted molar refractivity (Wildman–Crippen MR) is 123 cm³/mol. The average molecular weight is 461 g/mol. The van der Waals surface area contributed by atoms with Gasteiger partial charge in [0.25, 0.3) is 0 Å². The van der Waals surface area contributed by atoms with Crippen LogP contribution >= 0.6 is 11.6 Å². The third kappa shape index (κ3) is 6.83. The highest BCUT2D eigenvalue weighted by atomic mass is 35.5. The van der Waals surface area contributed by atoms with E-state index in [-0.39, 0.29) is 24.4 Å². The minimum absolute atomic E-state index is 0.119. The fraction of sp³-hybridized carbons (Fsp3) is 0.560. The molecule has 7 heteroatoms. The lowest BCUT2D eigenvalue weighted by Crippen LogP contribution is -2.32. The summed E-state index contributed by atoms with van der Waals surface area (Å²) in [6.45, 7) is 2.57. The Morgan fingerprint density at radius 1 is 1.22 bits per heavy atom. The van der Waals surface area contributed by atoms with Crippen molar-refractivity contribution in [3.8, 4) is 0 Å². The number of aromatic nitrogens is 2. The van der Waals surface area contributed by atoms with E-state index < -0.39 is 5.97 Å². The van der Waals surface area contributed by atoms with Crippen LogP contribution in [0.5, 0.6) is 0 Å². The number of halogens is 1. The molecule has 1 fully saturated rings. The number of rotatable bonds is 10. The van der Waals surface area contributed by atoms with Crippen LogP contribution in [0.15, 0.2) is 36.8 Å². The largest absolute Gasteiger partial charge is 0.465 e. The van der Waals surface area contributed by atoms with E-state index in [0.717, 1.165) is 18.5 Å². The SMILES string of the molecule is CC[C@H](C(=O)OCC1CCCCC1)[C@H](COC(=O)c1cccc(Cl)c1)Cc1cncn1C. The van der Waals surface area contributed by atoms with Gasteiger partial charge in [-0.25, -0.2) is 9.78 Å². The molecule has 1 saturated carbocycles. The van der Waals surface area contributed by atoms with E-state index in [1.807, 2.05) is 18.5 Å². The molecule has 174 valence electrons. The molecule has 1 aromatic carbocycles. The Bertz CT molecular complexity index is 892. The van der Waals surface area contributed by atoms with Gasteiger partial charge in [0.05, 0.1) is 31.0 Å². The number of nitrogens with zero attached hydrogens (tertiary/aromatic N) is 2. The fourth-order valence-electron chi connectivity index (χ4n) is 4.40. The lowest BCUT2D eigenvalue weighted by Gasteiger charge is -2.27. The molecule has 0 spiro atoms. The summed E-state index contributed by atoms with van der Waals surface area (Å²) in [6.07, 6.45) is 10.6. The van der Waals surface area contributed by atoms with Crippen LogP contribution in [0, 0.1) is 17.8 Å². The monoisotopic (exact) mass is 460 g/mol. The number of benzene rings is 1. The van der Waals surface area contributed by atoms with Crippen LogP contribution in [0.1, 0.15) is 61.5 Å². The summed E-state index contributed by atoms with van der Waals surface area (Å²) in [5, 5.41) is 0.476. The zero-order valence-electron chi connectivity index (χ0n) is 19.0. The highest BCUT2D eigenvalue weighted by molar-refractivity contribution is 6.30. The molecule has 2 atom stereocenters. The molecule has 1 aliphatic rings. The zero-order chi connectivity index (χ0) is 22.9. The van der Waals surface area contributed by atoms with Crippen LogP contribution in [0.2, 0.25) is 5.02 Å². The zero-order valence-corrected chi connectivity index (χ0v) is 19.7. The maximum atomic E-state index is 13.0. The first-order chi connectivity index (χ1) is 15.5. The van der Waals surface area contributed by atoms with E-state index in [9.17, 15) is 9.59 Å². The normalized spacial score (nSPS) is 16.3. The Balaban J connectivity index is 1.67. The van der Waals surface area contributed by atoms with Crippen LogP contribution in [-0.4, -0.2) is 34.7 Å². The average Bonchev–Trinajstić information content (AvgIpc) is 3.21. The molecule has 0 N–H and O–H groups in total. The Hall–Kier alpha value is -2.34. The van der Waals surface area contributed by atoms with E-state index >= 15 is 0 Å². The van der Waals surface area contributed by atoms with Crippen LogP contribution in [0.25, 0.3) is 0 Å². The molecule has 0 radical (unpaired) electrons. The van der Waals surface area contributed by atoms with Gasteiger partial charge in [-0.05, 0) is 49.8 Å². The molecule has 0 aliphatic heterocycles. The molecule has 1 heterocycles. The van der Waals surface area contributed by atoms with E-state index in [1.165, 1.54) is 19.3 Å². The molecule has 32 heavy (non-hydrogen) atoms. The summed E-state index contributed by atoms with van der Waals surface area (Å²) in [5.74, 6) is -0.767. The Morgan fingerprint density at radius 2 is 2.00 bits per heavy atom. The van der Waals surface area contributed by atoms with E-state index in [2.05, 4.69) is 4.98 Å². The number of hydrogen-bond acceptors (Lipinski definition) is 5. The Labute approximate surface area is 195 Å². The van der Waals surface area contributed by atoms with Crippen molar-refractivity contribution in [3.63, 3.8) is 0 Å². The third-order valence-corrected chi connectivity index (χ3v) is 6.61. The standard InChI is InChI=1S/C25H33ClN2O4/c1-3-23(25(30)31-15-18-8-5-4-6-9-18)20(13-22-14-27-17-28(22)2)16-32-24(29)19-10-7-11-21(26)12-19/h7,10-12,14,17-18,20,23H,3-6,8-9,13,15-16H2,1-2H3/t20-,23-/m0/s1. The fourth-order valence-corrected chi connectivity index (χ4v) is 4.59. The number of esters is 2. The van der Waals surface area contributed by atoms with Crippen molar-refractivity contribution in [1.29, 1.82) is 0 Å². The van der Waals surface area contributed by atoms with Crippen molar-refractivity contribution in [1.82, 2.24) is 9.55 Å². The second-order valence-electron chi connectivity index (χ2n) is 8.72. The van der Waals surface area contributed by atoms with Gasteiger partial charge < -0.3 is 14.0 Å². The number of imidazole rings is 1. The summed E-state index contributed by atoms with van der Waals surface area (Å²) in [4.78, 5) is 29.8. The minimum Gasteiger partial charge on any atom is -0.465 e. The van der Waals surface area contributed by atoms with Gasteiger partial charge in [-0.1, -0.05) is 43.9 Å². The van der Waals surface area contributed by atoms with E-state index in [0.29, 0.717) is 36.0 Å². The maximum absolute atomic E-state index is 13.0. The van der Waals surface area contributed by atoms with Crippen molar-refractivity contribution in [3.05, 3.63) is 53.1 Å². The Kier molecular flexibility index (Phi) is 9.15. The minimum atomic E-state index is -0.451. The van der Waals surface area contributed by atoms with Gasteiger partial charge in [-0.3, -0.25) is 4.79 Å². The van der Waals surface area contributed by atoms with E-state index in [4.69, 9.17) is 21.1 Å². The van der Waals surface area contributed by atoms with Gasteiger partial charge in [0, 0.05) is 29.9 Å². The molecule has 0 amide bonds. The first-order valence-electron chi connectivity index (χ1n) is 11.5. The topological polar surface area (TPSA) is 70.4 Å². The smallest absolute Gasteiger partial charge is 0.338 e. The lowest BCUT2D eigenvalue weighted by atomic mass is 9.86. The van der Waals surface area contributed by atoms with Crippen molar-refractivity contribution in [2.24, 2.45) is 24.8 Å². The number of carbonyl (C=O) groups is 2. The molecule has 2 aromatic rings. The third-order valence-electron chi connectivity index (χ3n) is 6.37. The quantitative estimate of drug-likeness (QED) is 0.453. The number of carbonyl (C=O) groups excluding carboxylic acids is 2. The van der Waals surface area contributed by atoms with Gasteiger partial charge in [0.15, 0.2) is 0 Å². The molecular formula is C25H33ClN2O4. The Morgan fingerprint density at radius 3 is 2.66 bits per heavy atom. The highest BCUT2D eigenvalue weighted by Gasteiger charge is 2.31. The van der Waals surface area contributed by atoms with Gasteiger partial charge in [-0.2, -0.15) is 0 Å². The number of ether oxygens (including phenoxy) is 2. The van der Waals surface area contributed by atoms with Gasteiger partial charge in [-0.15, -0.1) is 0 Å². The van der Waals surface area contributed by atoms with Gasteiger partial charge >= 0.3 is 11.9 Å². The molecule has 6 nitrogen and oxygen atoms in total. The van der Waals surface area contributed by atoms with Crippen LogP contribution in [0.4, 0.5) is 0 Å². The first kappa shape index (κ1) is 24.3. The number of hydrogen-bond donors (Lipinski definition) is 0. The number of aryl methyl sites for hydroxylation is 1. The highest BCUT2D eigenvalue weighted by Crippen LogP contribution is 2.27.